The first-order valence-electron chi connectivity index (χ1n) is 9.21. The largest absolute Gasteiger partial charge is 0.456 e. The van der Waals surface area contributed by atoms with E-state index in [-0.39, 0.29) is 0 Å². The highest BCUT2D eigenvalue weighted by Crippen LogP contribution is 2.30. The molecule has 4 aromatic rings. The molecule has 1 heterocycles. The predicted molar refractivity (Wildman–Crippen MR) is 121 cm³/mol. The van der Waals surface area contributed by atoms with E-state index in [1.807, 2.05) is 30.3 Å². The van der Waals surface area contributed by atoms with Crippen molar-refractivity contribution in [1.29, 1.82) is 0 Å². The number of carbonyl (C=O) groups is 1. The van der Waals surface area contributed by atoms with E-state index in [0.29, 0.717) is 22.0 Å². The molecule has 0 aliphatic rings. The van der Waals surface area contributed by atoms with Gasteiger partial charge in [0, 0.05) is 27.5 Å². The maximum absolute atomic E-state index is 12.9. The Labute approximate surface area is 179 Å². The topological polar surface area (TPSA) is 79.6 Å². The van der Waals surface area contributed by atoms with Crippen molar-refractivity contribution in [2.75, 3.05) is 15.9 Å². The fraction of sp³-hybridized carbons (Fsp3) is 0.136. The Kier molecular flexibility index (Phi) is 5.17. The average Bonchev–Trinajstić information content (AvgIpc) is 3.06. The molecule has 0 unspecified atom stereocenters. The van der Waals surface area contributed by atoms with Gasteiger partial charge in [-0.05, 0) is 49.4 Å². The number of nitrogens with zero attached hydrogens (tertiary/aromatic N) is 1. The van der Waals surface area contributed by atoms with Crippen LogP contribution in [0.4, 0.5) is 11.4 Å². The molecule has 30 heavy (non-hydrogen) atoms. The molecule has 1 atom stereocenters. The molecule has 8 heteroatoms. The van der Waals surface area contributed by atoms with E-state index in [0.717, 1.165) is 26.9 Å². The standard InChI is InChI=1S/C22H19ClN2O4S/c1-14(25(30(2,27)28)17-10-7-15(23)8-11-17)22(26)24-16-9-12-19-18-5-3-4-6-20(18)29-21(19)13-16/h3-14H,1-2H3,(H,24,26)/t14-/m0/s1. The minimum absolute atomic E-state index is 0.359. The van der Waals surface area contributed by atoms with Crippen LogP contribution in [0, 0.1) is 0 Å². The number of para-hydroxylation sites is 1. The molecular weight excluding hydrogens is 424 g/mol. The number of hydrogen-bond acceptors (Lipinski definition) is 4. The zero-order valence-corrected chi connectivity index (χ0v) is 17.9. The second-order valence-electron chi connectivity index (χ2n) is 7.01. The van der Waals surface area contributed by atoms with E-state index in [2.05, 4.69) is 5.32 Å². The van der Waals surface area contributed by atoms with Crippen LogP contribution in [0.15, 0.2) is 71.1 Å². The Morgan fingerprint density at radius 2 is 1.67 bits per heavy atom. The molecule has 1 aromatic heterocycles. The lowest BCUT2D eigenvalue weighted by Crippen LogP contribution is -2.45. The van der Waals surface area contributed by atoms with Crippen molar-refractivity contribution < 1.29 is 17.6 Å². The third-order valence-electron chi connectivity index (χ3n) is 4.82. The van der Waals surface area contributed by atoms with Gasteiger partial charge in [-0.15, -0.1) is 0 Å². The number of rotatable bonds is 5. The van der Waals surface area contributed by atoms with E-state index in [1.165, 1.54) is 6.92 Å². The van der Waals surface area contributed by atoms with Crippen molar-refractivity contribution in [3.63, 3.8) is 0 Å². The van der Waals surface area contributed by atoms with Gasteiger partial charge in [-0.1, -0.05) is 29.8 Å². The fourth-order valence-corrected chi connectivity index (χ4v) is 4.75. The van der Waals surface area contributed by atoms with Crippen LogP contribution in [0.5, 0.6) is 0 Å². The van der Waals surface area contributed by atoms with Crippen LogP contribution in [0.1, 0.15) is 6.92 Å². The van der Waals surface area contributed by atoms with Gasteiger partial charge in [-0.3, -0.25) is 9.10 Å². The number of nitrogens with one attached hydrogen (secondary N) is 1. The first-order chi connectivity index (χ1) is 14.2. The third kappa shape index (κ3) is 3.86. The highest BCUT2D eigenvalue weighted by atomic mass is 35.5. The van der Waals surface area contributed by atoms with Crippen LogP contribution in [-0.2, 0) is 14.8 Å². The predicted octanol–water partition coefficient (Wildman–Crippen LogP) is 5.03. The highest BCUT2D eigenvalue weighted by molar-refractivity contribution is 7.92. The van der Waals surface area contributed by atoms with Crippen LogP contribution in [0.2, 0.25) is 5.02 Å². The number of carbonyl (C=O) groups excluding carboxylic acids is 1. The van der Waals surface area contributed by atoms with Crippen molar-refractivity contribution >= 4 is 60.8 Å². The molecule has 0 aliphatic heterocycles. The number of hydrogen-bond donors (Lipinski definition) is 1. The smallest absolute Gasteiger partial charge is 0.247 e. The molecule has 0 fully saturated rings. The van der Waals surface area contributed by atoms with Gasteiger partial charge in [-0.2, -0.15) is 0 Å². The SMILES string of the molecule is C[C@@H](C(=O)Nc1ccc2c(c1)oc1ccccc12)N(c1ccc(Cl)cc1)S(C)(=O)=O. The summed E-state index contributed by atoms with van der Waals surface area (Å²) in [6, 6.07) is 18.4. The molecule has 4 rings (SSSR count). The molecule has 0 radical (unpaired) electrons. The lowest BCUT2D eigenvalue weighted by Gasteiger charge is -2.28. The van der Waals surface area contributed by atoms with Gasteiger partial charge in [0.15, 0.2) is 0 Å². The van der Waals surface area contributed by atoms with E-state index >= 15 is 0 Å². The maximum atomic E-state index is 12.9. The molecule has 1 amide bonds. The van der Waals surface area contributed by atoms with Crippen molar-refractivity contribution in [3.8, 4) is 0 Å². The molecule has 6 nitrogen and oxygen atoms in total. The highest BCUT2D eigenvalue weighted by Gasteiger charge is 2.29. The normalized spacial score (nSPS) is 12.8. The quantitative estimate of drug-likeness (QED) is 0.470. The summed E-state index contributed by atoms with van der Waals surface area (Å²) in [5, 5.41) is 5.19. The number of amides is 1. The van der Waals surface area contributed by atoms with Crippen molar-refractivity contribution in [1.82, 2.24) is 0 Å². The van der Waals surface area contributed by atoms with Crippen LogP contribution < -0.4 is 9.62 Å². The summed E-state index contributed by atoms with van der Waals surface area (Å²) in [5.74, 6) is -0.467. The fourth-order valence-electron chi connectivity index (χ4n) is 3.45. The zero-order valence-electron chi connectivity index (χ0n) is 16.3. The summed E-state index contributed by atoms with van der Waals surface area (Å²) in [5.41, 5.74) is 2.27. The molecule has 3 aromatic carbocycles. The Hall–Kier alpha value is -3.03. The monoisotopic (exact) mass is 442 g/mol. The lowest BCUT2D eigenvalue weighted by molar-refractivity contribution is -0.116. The minimum Gasteiger partial charge on any atom is -0.456 e. The first-order valence-corrected chi connectivity index (χ1v) is 11.4. The number of benzene rings is 3. The summed E-state index contributed by atoms with van der Waals surface area (Å²) in [6.07, 6.45) is 1.06. The van der Waals surface area contributed by atoms with E-state index in [4.69, 9.17) is 16.0 Å². The van der Waals surface area contributed by atoms with Gasteiger partial charge >= 0.3 is 0 Å². The van der Waals surface area contributed by atoms with E-state index in [9.17, 15) is 13.2 Å². The van der Waals surface area contributed by atoms with Gasteiger partial charge in [0.2, 0.25) is 15.9 Å². The second kappa shape index (κ2) is 7.66. The summed E-state index contributed by atoms with van der Waals surface area (Å²) in [4.78, 5) is 12.9. The van der Waals surface area contributed by atoms with Crippen LogP contribution in [-0.4, -0.2) is 26.6 Å². The molecular formula is C22H19ClN2O4S. The van der Waals surface area contributed by atoms with Gasteiger partial charge in [0.25, 0.3) is 0 Å². The number of furan rings is 1. The van der Waals surface area contributed by atoms with Crippen molar-refractivity contribution in [2.45, 2.75) is 13.0 Å². The van der Waals surface area contributed by atoms with Crippen molar-refractivity contribution in [3.05, 3.63) is 71.8 Å². The summed E-state index contributed by atoms with van der Waals surface area (Å²) >= 11 is 5.90. The van der Waals surface area contributed by atoms with Crippen LogP contribution in [0.25, 0.3) is 21.9 Å². The van der Waals surface area contributed by atoms with Gasteiger partial charge in [0.1, 0.15) is 17.2 Å². The van der Waals surface area contributed by atoms with E-state index in [1.54, 1.807) is 36.4 Å². The third-order valence-corrected chi connectivity index (χ3v) is 6.31. The summed E-state index contributed by atoms with van der Waals surface area (Å²) in [6.45, 7) is 1.53. The number of fused-ring (bicyclic) bond motifs is 3. The summed E-state index contributed by atoms with van der Waals surface area (Å²) < 4.78 is 31.7. The molecule has 0 saturated carbocycles. The molecule has 0 saturated heterocycles. The molecule has 0 aliphatic carbocycles. The van der Waals surface area contributed by atoms with Gasteiger partial charge < -0.3 is 9.73 Å². The first kappa shape index (κ1) is 20.3. The second-order valence-corrected chi connectivity index (χ2v) is 9.31. The Bertz CT molecular complexity index is 1350. The summed E-state index contributed by atoms with van der Waals surface area (Å²) in [7, 11) is -3.71. The zero-order chi connectivity index (χ0) is 21.5. The molecule has 0 bridgehead atoms. The van der Waals surface area contributed by atoms with Crippen LogP contribution >= 0.6 is 11.6 Å². The molecule has 0 spiro atoms. The number of sulfonamides is 1. The number of halogens is 1. The van der Waals surface area contributed by atoms with E-state index < -0.39 is 22.0 Å². The Morgan fingerprint density at radius 3 is 2.37 bits per heavy atom. The molecule has 154 valence electrons. The lowest BCUT2D eigenvalue weighted by atomic mass is 10.1. The Balaban J connectivity index is 1.62. The van der Waals surface area contributed by atoms with Crippen LogP contribution in [0.3, 0.4) is 0 Å². The minimum atomic E-state index is -3.71. The van der Waals surface area contributed by atoms with Crippen molar-refractivity contribution in [2.24, 2.45) is 0 Å². The number of anilines is 2. The molecule has 1 N–H and O–H groups in total. The van der Waals surface area contributed by atoms with Gasteiger partial charge in [0.05, 0.1) is 11.9 Å². The Morgan fingerprint density at radius 1 is 1.00 bits per heavy atom. The maximum Gasteiger partial charge on any atom is 0.247 e. The van der Waals surface area contributed by atoms with Gasteiger partial charge in [-0.25, -0.2) is 8.42 Å². The average molecular weight is 443 g/mol.